The summed E-state index contributed by atoms with van der Waals surface area (Å²) in [5.41, 5.74) is 2.40. The zero-order chi connectivity index (χ0) is 19.6. The first-order valence-corrected chi connectivity index (χ1v) is 9.36. The molecule has 6 nitrogen and oxygen atoms in total. The lowest BCUT2D eigenvalue weighted by Gasteiger charge is -2.04. The standard InChI is InChI=1S/C19H16ClN3O3S/c1-11(2)13-5-3-12(4-6-13)9-17-18(24)22-19(27-17)21-16-8-7-14(23(25)26)10-15(16)20/h3-11H,1-2H3,(H,21,22,24)/b17-9+. The summed E-state index contributed by atoms with van der Waals surface area (Å²) in [6.07, 6.45) is 1.80. The van der Waals surface area contributed by atoms with E-state index in [0.717, 1.165) is 5.56 Å². The third-order valence-corrected chi connectivity index (χ3v) is 5.13. The summed E-state index contributed by atoms with van der Waals surface area (Å²) in [5, 5.41) is 14.0. The number of benzene rings is 2. The summed E-state index contributed by atoms with van der Waals surface area (Å²) in [4.78, 5) is 27.2. The topological polar surface area (TPSA) is 84.6 Å². The smallest absolute Gasteiger partial charge is 0.271 e. The van der Waals surface area contributed by atoms with E-state index in [1.54, 1.807) is 6.08 Å². The summed E-state index contributed by atoms with van der Waals surface area (Å²) < 4.78 is 0. The van der Waals surface area contributed by atoms with Crippen molar-refractivity contribution in [2.75, 3.05) is 0 Å². The molecule has 0 atom stereocenters. The number of hydrogen-bond acceptors (Lipinski definition) is 5. The van der Waals surface area contributed by atoms with Gasteiger partial charge in [-0.05, 0) is 40.9 Å². The Labute approximate surface area is 165 Å². The van der Waals surface area contributed by atoms with Gasteiger partial charge in [-0.1, -0.05) is 49.7 Å². The molecule has 2 aromatic rings. The fraction of sp³-hybridized carbons (Fsp3) is 0.158. The number of nitro benzene ring substituents is 1. The van der Waals surface area contributed by atoms with Crippen molar-refractivity contribution < 1.29 is 9.72 Å². The average molecular weight is 402 g/mol. The maximum Gasteiger partial charge on any atom is 0.271 e. The first-order valence-electron chi connectivity index (χ1n) is 8.17. The van der Waals surface area contributed by atoms with Gasteiger partial charge in [-0.25, -0.2) is 4.99 Å². The second kappa shape index (κ2) is 7.94. The Morgan fingerprint density at radius 1 is 1.22 bits per heavy atom. The number of halogens is 1. The van der Waals surface area contributed by atoms with Crippen molar-refractivity contribution in [2.45, 2.75) is 19.8 Å². The van der Waals surface area contributed by atoms with Crippen LogP contribution in [0.5, 0.6) is 0 Å². The molecule has 3 rings (SSSR count). The molecule has 1 heterocycles. The van der Waals surface area contributed by atoms with Gasteiger partial charge in [0.05, 0.1) is 20.5 Å². The number of rotatable bonds is 4. The fourth-order valence-corrected chi connectivity index (χ4v) is 3.47. The number of hydrogen-bond donors (Lipinski definition) is 1. The molecule has 0 unspecified atom stereocenters. The fourth-order valence-electron chi connectivity index (χ4n) is 2.42. The van der Waals surface area contributed by atoms with E-state index < -0.39 is 4.92 Å². The van der Waals surface area contributed by atoms with Crippen LogP contribution in [-0.2, 0) is 4.79 Å². The van der Waals surface area contributed by atoms with Gasteiger partial charge in [0, 0.05) is 12.1 Å². The minimum absolute atomic E-state index is 0.113. The maximum absolute atomic E-state index is 12.2. The van der Waals surface area contributed by atoms with Gasteiger partial charge in [0.1, 0.15) is 0 Å². The van der Waals surface area contributed by atoms with Crippen LogP contribution in [0.15, 0.2) is 52.4 Å². The first-order chi connectivity index (χ1) is 12.8. The number of non-ortho nitro benzene ring substituents is 1. The molecule has 8 heteroatoms. The Bertz CT molecular complexity index is 969. The predicted molar refractivity (Wildman–Crippen MR) is 109 cm³/mol. The van der Waals surface area contributed by atoms with Crippen LogP contribution in [0.25, 0.3) is 6.08 Å². The highest BCUT2D eigenvalue weighted by molar-refractivity contribution is 8.18. The molecule has 0 spiro atoms. The van der Waals surface area contributed by atoms with Crippen molar-refractivity contribution in [1.29, 1.82) is 0 Å². The molecule has 0 aliphatic carbocycles. The van der Waals surface area contributed by atoms with Crippen LogP contribution in [0.4, 0.5) is 11.4 Å². The quantitative estimate of drug-likeness (QED) is 0.430. The minimum Gasteiger partial charge on any atom is -0.300 e. The number of nitrogens with one attached hydrogen (secondary N) is 1. The molecule has 27 heavy (non-hydrogen) atoms. The van der Waals surface area contributed by atoms with Crippen LogP contribution in [0.3, 0.4) is 0 Å². The maximum atomic E-state index is 12.2. The molecule has 0 bridgehead atoms. The molecule has 0 radical (unpaired) electrons. The van der Waals surface area contributed by atoms with Crippen LogP contribution in [0.1, 0.15) is 30.9 Å². The molecule has 138 valence electrons. The number of aliphatic imine (C=N–C) groups is 1. The Morgan fingerprint density at radius 2 is 1.93 bits per heavy atom. The van der Waals surface area contributed by atoms with E-state index in [2.05, 4.69) is 24.2 Å². The number of thioether (sulfide) groups is 1. The molecule has 2 aromatic carbocycles. The van der Waals surface area contributed by atoms with Crippen LogP contribution in [0.2, 0.25) is 5.02 Å². The Balaban J connectivity index is 1.80. The van der Waals surface area contributed by atoms with Crippen LogP contribution < -0.4 is 5.32 Å². The largest absolute Gasteiger partial charge is 0.300 e. The van der Waals surface area contributed by atoms with Crippen LogP contribution in [0, 0.1) is 10.1 Å². The molecule has 0 aromatic heterocycles. The molecule has 1 amide bonds. The molecular weight excluding hydrogens is 386 g/mol. The number of carbonyl (C=O) groups excluding carboxylic acids is 1. The number of nitro groups is 1. The van der Waals surface area contributed by atoms with Gasteiger partial charge < -0.3 is 5.32 Å². The van der Waals surface area contributed by atoms with E-state index in [0.29, 0.717) is 21.7 Å². The average Bonchev–Trinajstić information content (AvgIpc) is 2.96. The van der Waals surface area contributed by atoms with E-state index in [-0.39, 0.29) is 16.6 Å². The minimum atomic E-state index is -0.527. The van der Waals surface area contributed by atoms with Crippen molar-refractivity contribution in [3.05, 3.63) is 73.6 Å². The van der Waals surface area contributed by atoms with Gasteiger partial charge in [-0.15, -0.1) is 0 Å². The molecular formula is C19H16ClN3O3S. The lowest BCUT2D eigenvalue weighted by atomic mass is 10.0. The highest BCUT2D eigenvalue weighted by atomic mass is 35.5. The van der Waals surface area contributed by atoms with E-state index >= 15 is 0 Å². The molecule has 0 saturated carbocycles. The van der Waals surface area contributed by atoms with E-state index in [1.165, 1.54) is 35.5 Å². The highest BCUT2D eigenvalue weighted by Crippen LogP contribution is 2.33. The lowest BCUT2D eigenvalue weighted by molar-refractivity contribution is -0.384. The predicted octanol–water partition coefficient (Wildman–Crippen LogP) is 5.26. The SMILES string of the molecule is CC(C)c1ccc(/C=C2/SC(=Nc3ccc([N+](=O)[O-])cc3Cl)NC2=O)cc1. The zero-order valence-corrected chi connectivity index (χ0v) is 16.2. The monoisotopic (exact) mass is 401 g/mol. The molecule has 1 N–H and O–H groups in total. The van der Waals surface area contributed by atoms with Crippen LogP contribution >= 0.6 is 23.4 Å². The van der Waals surface area contributed by atoms with Gasteiger partial charge in [0.15, 0.2) is 5.17 Å². The third kappa shape index (κ3) is 4.56. The molecule has 1 fully saturated rings. The Hall–Kier alpha value is -2.64. The molecule has 1 aliphatic heterocycles. The van der Waals surface area contributed by atoms with E-state index in [9.17, 15) is 14.9 Å². The third-order valence-electron chi connectivity index (χ3n) is 3.92. The molecule has 1 aliphatic rings. The number of amidine groups is 1. The highest BCUT2D eigenvalue weighted by Gasteiger charge is 2.24. The van der Waals surface area contributed by atoms with Crippen molar-refractivity contribution in [2.24, 2.45) is 4.99 Å². The number of amides is 1. The van der Waals surface area contributed by atoms with Gasteiger partial charge >= 0.3 is 0 Å². The van der Waals surface area contributed by atoms with Crippen molar-refractivity contribution in [3.63, 3.8) is 0 Å². The summed E-state index contributed by atoms with van der Waals surface area (Å²) >= 11 is 7.24. The Kier molecular flexibility index (Phi) is 5.62. The Morgan fingerprint density at radius 3 is 2.52 bits per heavy atom. The summed E-state index contributed by atoms with van der Waals surface area (Å²) in [5.74, 6) is 0.200. The summed E-state index contributed by atoms with van der Waals surface area (Å²) in [6, 6.07) is 12.0. The van der Waals surface area contributed by atoms with Gasteiger partial charge in [-0.3, -0.25) is 14.9 Å². The summed E-state index contributed by atoms with van der Waals surface area (Å²) in [7, 11) is 0. The second-order valence-corrected chi connectivity index (χ2v) is 7.63. The number of carbonyl (C=O) groups is 1. The molecule has 1 saturated heterocycles. The van der Waals surface area contributed by atoms with E-state index in [1.807, 2.05) is 24.3 Å². The lowest BCUT2D eigenvalue weighted by Crippen LogP contribution is -2.19. The van der Waals surface area contributed by atoms with Crippen molar-refractivity contribution in [3.8, 4) is 0 Å². The van der Waals surface area contributed by atoms with E-state index in [4.69, 9.17) is 11.6 Å². The normalized spacial score (nSPS) is 17.0. The number of nitrogens with zero attached hydrogens (tertiary/aromatic N) is 2. The van der Waals surface area contributed by atoms with Crippen LogP contribution in [-0.4, -0.2) is 16.0 Å². The van der Waals surface area contributed by atoms with Crippen molar-refractivity contribution >= 4 is 51.9 Å². The summed E-state index contributed by atoms with van der Waals surface area (Å²) in [6.45, 7) is 4.25. The second-order valence-electron chi connectivity index (χ2n) is 6.20. The van der Waals surface area contributed by atoms with Gasteiger partial charge in [0.25, 0.3) is 11.6 Å². The van der Waals surface area contributed by atoms with Gasteiger partial charge in [0.2, 0.25) is 0 Å². The zero-order valence-electron chi connectivity index (χ0n) is 14.6. The first kappa shape index (κ1) is 19.1. The van der Waals surface area contributed by atoms with Crippen molar-refractivity contribution in [1.82, 2.24) is 5.32 Å². The van der Waals surface area contributed by atoms with Gasteiger partial charge in [-0.2, -0.15) is 0 Å².